The van der Waals surface area contributed by atoms with E-state index in [0.29, 0.717) is 5.69 Å². The second-order valence-electron chi connectivity index (χ2n) is 5.22. The Hall–Kier alpha value is -2.63. The molecule has 0 radical (unpaired) electrons. The van der Waals surface area contributed by atoms with Crippen molar-refractivity contribution < 1.29 is 9.18 Å². The van der Waals surface area contributed by atoms with Crippen molar-refractivity contribution in [2.24, 2.45) is 0 Å². The predicted molar refractivity (Wildman–Crippen MR) is 83.4 cm³/mol. The van der Waals surface area contributed by atoms with Gasteiger partial charge in [0.1, 0.15) is 11.6 Å². The van der Waals surface area contributed by atoms with Crippen LogP contribution in [-0.2, 0) is 0 Å². The molecule has 1 atom stereocenters. The maximum absolute atomic E-state index is 12.8. The fourth-order valence-electron chi connectivity index (χ4n) is 2.51. The fourth-order valence-corrected chi connectivity index (χ4v) is 2.51. The number of nitrogens with zero attached hydrogens (tertiary/aromatic N) is 2. The van der Waals surface area contributed by atoms with Gasteiger partial charge in [-0.25, -0.2) is 14.2 Å². The maximum Gasteiger partial charge on any atom is 0.319 e. The van der Waals surface area contributed by atoms with Crippen LogP contribution in [0.2, 0.25) is 0 Å². The quantitative estimate of drug-likeness (QED) is 0.916. The first-order chi connectivity index (χ1) is 10.7. The smallest absolute Gasteiger partial charge is 0.319 e. The molecule has 1 aromatic heterocycles. The monoisotopic (exact) mass is 300 g/mol. The van der Waals surface area contributed by atoms with Gasteiger partial charge in [-0.2, -0.15) is 0 Å². The molecule has 2 N–H and O–H groups in total. The number of anilines is 2. The van der Waals surface area contributed by atoms with E-state index in [4.69, 9.17) is 0 Å². The van der Waals surface area contributed by atoms with E-state index < -0.39 is 0 Å². The first kappa shape index (κ1) is 14.3. The van der Waals surface area contributed by atoms with Crippen molar-refractivity contribution in [1.82, 2.24) is 10.3 Å². The molecule has 1 aromatic carbocycles. The first-order valence-corrected chi connectivity index (χ1v) is 7.20. The van der Waals surface area contributed by atoms with Crippen LogP contribution in [0.25, 0.3) is 0 Å². The lowest BCUT2D eigenvalue weighted by atomic mass is 10.3. The van der Waals surface area contributed by atoms with Crippen molar-refractivity contribution in [3.63, 3.8) is 0 Å². The van der Waals surface area contributed by atoms with Crippen molar-refractivity contribution >= 4 is 17.5 Å². The van der Waals surface area contributed by atoms with Crippen LogP contribution in [0.1, 0.15) is 6.42 Å². The molecule has 114 valence electrons. The van der Waals surface area contributed by atoms with Gasteiger partial charge in [-0.1, -0.05) is 6.07 Å². The zero-order chi connectivity index (χ0) is 15.4. The van der Waals surface area contributed by atoms with E-state index in [1.165, 1.54) is 24.3 Å². The van der Waals surface area contributed by atoms with Crippen molar-refractivity contribution in [3.05, 3.63) is 54.5 Å². The molecule has 2 aromatic rings. The Labute approximate surface area is 128 Å². The molecular formula is C16H17FN4O. The minimum atomic E-state index is -0.326. The summed E-state index contributed by atoms with van der Waals surface area (Å²) in [5, 5.41) is 5.63. The second-order valence-corrected chi connectivity index (χ2v) is 5.22. The van der Waals surface area contributed by atoms with E-state index in [-0.39, 0.29) is 17.9 Å². The van der Waals surface area contributed by atoms with Crippen LogP contribution < -0.4 is 15.5 Å². The minimum absolute atomic E-state index is 0.0717. The zero-order valence-electron chi connectivity index (χ0n) is 12.0. The third-order valence-electron chi connectivity index (χ3n) is 3.60. The zero-order valence-corrected chi connectivity index (χ0v) is 12.0. The first-order valence-electron chi connectivity index (χ1n) is 7.20. The Morgan fingerprint density at radius 3 is 2.77 bits per heavy atom. The SMILES string of the molecule is O=C(Nc1ccc(F)cc1)NC1CCN(c2ccccn2)C1. The number of pyridine rings is 1. The average Bonchev–Trinajstić information content (AvgIpc) is 2.99. The topological polar surface area (TPSA) is 57.3 Å². The molecule has 1 unspecified atom stereocenters. The Kier molecular flexibility index (Phi) is 4.18. The minimum Gasteiger partial charge on any atom is -0.354 e. The third kappa shape index (κ3) is 3.52. The molecule has 0 aliphatic carbocycles. The van der Waals surface area contributed by atoms with Crippen LogP contribution in [0.4, 0.5) is 20.7 Å². The van der Waals surface area contributed by atoms with Crippen LogP contribution in [0.3, 0.4) is 0 Å². The number of carbonyl (C=O) groups is 1. The highest BCUT2D eigenvalue weighted by Gasteiger charge is 2.24. The Morgan fingerprint density at radius 2 is 2.05 bits per heavy atom. The van der Waals surface area contributed by atoms with Gasteiger partial charge in [-0.15, -0.1) is 0 Å². The van der Waals surface area contributed by atoms with Crippen molar-refractivity contribution in [1.29, 1.82) is 0 Å². The summed E-state index contributed by atoms with van der Waals surface area (Å²) in [6.07, 6.45) is 2.63. The molecule has 6 heteroatoms. The molecule has 1 saturated heterocycles. The van der Waals surface area contributed by atoms with E-state index in [0.717, 1.165) is 25.3 Å². The average molecular weight is 300 g/mol. The van der Waals surface area contributed by atoms with Gasteiger partial charge in [0, 0.05) is 31.0 Å². The molecule has 0 saturated carbocycles. The molecule has 0 bridgehead atoms. The maximum atomic E-state index is 12.8. The lowest BCUT2D eigenvalue weighted by Gasteiger charge is -2.18. The lowest BCUT2D eigenvalue weighted by Crippen LogP contribution is -2.39. The highest BCUT2D eigenvalue weighted by Crippen LogP contribution is 2.17. The molecule has 1 aliphatic rings. The lowest BCUT2D eigenvalue weighted by molar-refractivity contribution is 0.249. The number of carbonyl (C=O) groups excluding carboxylic acids is 1. The van der Waals surface area contributed by atoms with Crippen LogP contribution in [0, 0.1) is 5.82 Å². The van der Waals surface area contributed by atoms with Crippen LogP contribution in [0.5, 0.6) is 0 Å². The van der Waals surface area contributed by atoms with Gasteiger partial charge in [0.05, 0.1) is 0 Å². The number of benzene rings is 1. The largest absolute Gasteiger partial charge is 0.354 e. The number of halogens is 1. The number of amides is 2. The van der Waals surface area contributed by atoms with Crippen molar-refractivity contribution in [2.75, 3.05) is 23.3 Å². The van der Waals surface area contributed by atoms with Gasteiger partial charge < -0.3 is 15.5 Å². The molecule has 3 rings (SSSR count). The van der Waals surface area contributed by atoms with Gasteiger partial charge in [0.2, 0.25) is 0 Å². The summed E-state index contributed by atoms with van der Waals surface area (Å²) in [6.45, 7) is 1.59. The Bertz CT molecular complexity index is 632. The number of aromatic nitrogens is 1. The molecular weight excluding hydrogens is 283 g/mol. The van der Waals surface area contributed by atoms with Crippen molar-refractivity contribution in [3.8, 4) is 0 Å². The summed E-state index contributed by atoms with van der Waals surface area (Å²) in [4.78, 5) is 18.4. The summed E-state index contributed by atoms with van der Waals surface area (Å²) in [5.41, 5.74) is 0.568. The number of rotatable bonds is 3. The van der Waals surface area contributed by atoms with Gasteiger partial charge >= 0.3 is 6.03 Å². The third-order valence-corrected chi connectivity index (χ3v) is 3.60. The molecule has 2 heterocycles. The van der Waals surface area contributed by atoms with Crippen LogP contribution in [-0.4, -0.2) is 30.1 Å². The summed E-state index contributed by atoms with van der Waals surface area (Å²) < 4.78 is 12.8. The van der Waals surface area contributed by atoms with E-state index in [2.05, 4.69) is 20.5 Å². The molecule has 1 fully saturated rings. The number of urea groups is 1. The number of nitrogens with one attached hydrogen (secondary N) is 2. The van der Waals surface area contributed by atoms with Crippen molar-refractivity contribution in [2.45, 2.75) is 12.5 Å². The molecule has 5 nitrogen and oxygen atoms in total. The summed E-state index contributed by atoms with van der Waals surface area (Å²) in [6, 6.07) is 11.3. The summed E-state index contributed by atoms with van der Waals surface area (Å²) in [5.74, 6) is 0.596. The Morgan fingerprint density at radius 1 is 1.23 bits per heavy atom. The summed E-state index contributed by atoms with van der Waals surface area (Å²) >= 11 is 0. The highest BCUT2D eigenvalue weighted by atomic mass is 19.1. The predicted octanol–water partition coefficient (Wildman–Crippen LogP) is 2.62. The molecule has 0 spiro atoms. The van der Waals surface area contributed by atoms with Gasteiger partial charge in [0.25, 0.3) is 0 Å². The van der Waals surface area contributed by atoms with E-state index in [1.807, 2.05) is 18.2 Å². The van der Waals surface area contributed by atoms with Gasteiger partial charge in [0.15, 0.2) is 0 Å². The molecule has 22 heavy (non-hydrogen) atoms. The van der Waals surface area contributed by atoms with Crippen LogP contribution >= 0.6 is 0 Å². The van der Waals surface area contributed by atoms with Crippen LogP contribution in [0.15, 0.2) is 48.7 Å². The Balaban J connectivity index is 1.51. The number of hydrogen-bond donors (Lipinski definition) is 2. The van der Waals surface area contributed by atoms with Gasteiger partial charge in [-0.05, 0) is 42.8 Å². The fraction of sp³-hybridized carbons (Fsp3) is 0.250. The number of hydrogen-bond acceptors (Lipinski definition) is 3. The summed E-state index contributed by atoms with van der Waals surface area (Å²) in [7, 11) is 0. The highest BCUT2D eigenvalue weighted by molar-refractivity contribution is 5.89. The van der Waals surface area contributed by atoms with E-state index in [1.54, 1.807) is 6.20 Å². The van der Waals surface area contributed by atoms with E-state index in [9.17, 15) is 9.18 Å². The van der Waals surface area contributed by atoms with Gasteiger partial charge in [-0.3, -0.25) is 0 Å². The molecule has 1 aliphatic heterocycles. The normalized spacial score (nSPS) is 17.3. The second kappa shape index (κ2) is 6.43. The standard InChI is InChI=1S/C16H17FN4O/c17-12-4-6-13(7-5-12)19-16(22)20-14-8-10-21(11-14)15-3-1-2-9-18-15/h1-7,9,14H,8,10-11H2,(H2,19,20,22). The van der Waals surface area contributed by atoms with E-state index >= 15 is 0 Å². The molecule has 2 amide bonds.